The van der Waals surface area contributed by atoms with Crippen LogP contribution in [-0.4, -0.2) is 11.1 Å². The van der Waals surface area contributed by atoms with Gasteiger partial charge in [-0.15, -0.1) is 11.3 Å². The van der Waals surface area contributed by atoms with Crippen LogP contribution in [0.5, 0.6) is 0 Å². The van der Waals surface area contributed by atoms with Gasteiger partial charge in [0.2, 0.25) is 0 Å². The Morgan fingerprint density at radius 2 is 1.94 bits per heavy atom. The van der Waals surface area contributed by atoms with Gasteiger partial charge in [-0.25, -0.2) is 4.79 Å². The van der Waals surface area contributed by atoms with Crippen LogP contribution in [0.4, 0.5) is 5.69 Å². The first-order chi connectivity index (χ1) is 8.56. The van der Waals surface area contributed by atoms with Crippen LogP contribution in [0, 0.1) is 0 Å². The minimum Gasteiger partial charge on any atom is -0.478 e. The molecular formula is C12H9Cl2NO2S. The predicted molar refractivity (Wildman–Crippen MR) is 75.1 cm³/mol. The van der Waals surface area contributed by atoms with E-state index in [9.17, 15) is 4.79 Å². The van der Waals surface area contributed by atoms with Gasteiger partial charge in [-0.05, 0) is 30.3 Å². The molecule has 0 saturated carbocycles. The van der Waals surface area contributed by atoms with E-state index in [1.807, 2.05) is 0 Å². The summed E-state index contributed by atoms with van der Waals surface area (Å²) in [5.41, 5.74) is 1.10. The molecule has 2 rings (SSSR count). The van der Waals surface area contributed by atoms with Crippen molar-refractivity contribution in [1.82, 2.24) is 0 Å². The van der Waals surface area contributed by atoms with E-state index in [4.69, 9.17) is 28.3 Å². The molecule has 6 heteroatoms. The SMILES string of the molecule is O=C(O)c1ccc(NCc2sc(Cl)cc2Cl)cc1. The zero-order valence-corrected chi connectivity index (χ0v) is 11.4. The highest BCUT2D eigenvalue weighted by molar-refractivity contribution is 7.16. The molecule has 1 heterocycles. The number of carbonyl (C=O) groups is 1. The molecule has 0 aliphatic carbocycles. The molecule has 0 unspecified atom stereocenters. The second-order valence-electron chi connectivity index (χ2n) is 3.56. The maximum Gasteiger partial charge on any atom is 0.335 e. The standard InChI is InChI=1S/C12H9Cl2NO2S/c13-9-5-11(14)18-10(9)6-15-8-3-1-7(2-4-8)12(16)17/h1-5,15H,6H2,(H,16,17). The minimum atomic E-state index is -0.936. The van der Waals surface area contributed by atoms with Crippen LogP contribution in [-0.2, 0) is 6.54 Å². The van der Waals surface area contributed by atoms with E-state index in [2.05, 4.69) is 5.32 Å². The summed E-state index contributed by atoms with van der Waals surface area (Å²) in [5, 5.41) is 12.6. The lowest BCUT2D eigenvalue weighted by molar-refractivity contribution is 0.0697. The summed E-state index contributed by atoms with van der Waals surface area (Å²) in [6.07, 6.45) is 0. The summed E-state index contributed by atoms with van der Waals surface area (Å²) in [6.45, 7) is 0.558. The number of rotatable bonds is 4. The number of thiophene rings is 1. The molecule has 0 saturated heterocycles. The molecule has 0 atom stereocenters. The third-order valence-corrected chi connectivity index (χ3v) is 4.03. The molecule has 0 amide bonds. The molecule has 2 aromatic rings. The van der Waals surface area contributed by atoms with Crippen molar-refractivity contribution in [3.8, 4) is 0 Å². The summed E-state index contributed by atoms with van der Waals surface area (Å²) < 4.78 is 0.651. The largest absolute Gasteiger partial charge is 0.478 e. The van der Waals surface area contributed by atoms with E-state index in [1.54, 1.807) is 30.3 Å². The molecule has 0 bridgehead atoms. The molecule has 18 heavy (non-hydrogen) atoms. The Labute approximate surface area is 118 Å². The fourth-order valence-corrected chi connectivity index (χ4v) is 2.92. The average molecular weight is 302 g/mol. The van der Waals surface area contributed by atoms with Gasteiger partial charge in [0.05, 0.1) is 21.5 Å². The summed E-state index contributed by atoms with van der Waals surface area (Å²) in [7, 11) is 0. The van der Waals surface area contributed by atoms with Crippen molar-refractivity contribution in [2.24, 2.45) is 0 Å². The van der Waals surface area contributed by atoms with Crippen LogP contribution < -0.4 is 5.32 Å². The Morgan fingerprint density at radius 1 is 1.28 bits per heavy atom. The quantitative estimate of drug-likeness (QED) is 0.882. The fraction of sp³-hybridized carbons (Fsp3) is 0.0833. The van der Waals surface area contributed by atoms with Gasteiger partial charge >= 0.3 is 5.97 Å². The highest BCUT2D eigenvalue weighted by Crippen LogP contribution is 2.31. The molecule has 1 aromatic carbocycles. The Kier molecular flexibility index (Phi) is 4.11. The summed E-state index contributed by atoms with van der Waals surface area (Å²) in [5.74, 6) is -0.936. The van der Waals surface area contributed by atoms with Gasteiger partial charge in [0.15, 0.2) is 0 Å². The molecule has 0 spiro atoms. The highest BCUT2D eigenvalue weighted by atomic mass is 35.5. The van der Waals surface area contributed by atoms with Crippen LogP contribution in [0.25, 0.3) is 0 Å². The van der Waals surface area contributed by atoms with Crippen molar-refractivity contribution in [2.75, 3.05) is 5.32 Å². The van der Waals surface area contributed by atoms with Crippen molar-refractivity contribution >= 4 is 46.2 Å². The van der Waals surface area contributed by atoms with Gasteiger partial charge in [-0.1, -0.05) is 23.2 Å². The van der Waals surface area contributed by atoms with Crippen LogP contribution in [0.3, 0.4) is 0 Å². The maximum absolute atomic E-state index is 10.7. The molecular weight excluding hydrogens is 293 g/mol. The van der Waals surface area contributed by atoms with E-state index in [0.717, 1.165) is 10.6 Å². The molecule has 0 fully saturated rings. The fourth-order valence-electron chi connectivity index (χ4n) is 1.41. The Morgan fingerprint density at radius 3 is 2.44 bits per heavy atom. The lowest BCUT2D eigenvalue weighted by Crippen LogP contribution is -1.99. The average Bonchev–Trinajstić information content (AvgIpc) is 2.66. The van der Waals surface area contributed by atoms with Gasteiger partial charge < -0.3 is 10.4 Å². The van der Waals surface area contributed by atoms with Crippen LogP contribution in [0.2, 0.25) is 9.36 Å². The summed E-state index contributed by atoms with van der Waals surface area (Å²) in [6, 6.07) is 8.23. The number of halogens is 2. The highest BCUT2D eigenvalue weighted by Gasteiger charge is 2.06. The van der Waals surface area contributed by atoms with Crippen LogP contribution >= 0.6 is 34.5 Å². The number of hydrogen-bond acceptors (Lipinski definition) is 3. The number of carboxylic acids is 1. The first-order valence-corrected chi connectivity index (χ1v) is 6.64. The van der Waals surface area contributed by atoms with Crippen molar-refractivity contribution in [1.29, 1.82) is 0 Å². The number of carboxylic acid groups (broad SMARTS) is 1. The van der Waals surface area contributed by atoms with Gasteiger partial charge in [0, 0.05) is 10.6 Å². The zero-order chi connectivity index (χ0) is 13.1. The second-order valence-corrected chi connectivity index (χ2v) is 5.73. The van der Waals surface area contributed by atoms with E-state index >= 15 is 0 Å². The second kappa shape index (κ2) is 5.61. The monoisotopic (exact) mass is 301 g/mol. The molecule has 94 valence electrons. The number of benzene rings is 1. The molecule has 2 N–H and O–H groups in total. The predicted octanol–water partition coefficient (Wildman–Crippen LogP) is 4.37. The molecule has 0 radical (unpaired) electrons. The lowest BCUT2D eigenvalue weighted by atomic mass is 10.2. The smallest absolute Gasteiger partial charge is 0.335 e. The van der Waals surface area contributed by atoms with Crippen molar-refractivity contribution in [2.45, 2.75) is 6.54 Å². The third kappa shape index (κ3) is 3.16. The molecule has 0 aliphatic rings. The number of nitrogens with one attached hydrogen (secondary N) is 1. The van der Waals surface area contributed by atoms with Gasteiger partial charge in [0.25, 0.3) is 0 Å². The number of anilines is 1. The third-order valence-electron chi connectivity index (χ3n) is 2.31. The van der Waals surface area contributed by atoms with E-state index in [1.165, 1.54) is 11.3 Å². The minimum absolute atomic E-state index is 0.262. The molecule has 0 aliphatic heterocycles. The summed E-state index contributed by atoms with van der Waals surface area (Å²) in [4.78, 5) is 11.6. The van der Waals surface area contributed by atoms with Gasteiger partial charge in [-0.2, -0.15) is 0 Å². The number of aromatic carboxylic acids is 1. The van der Waals surface area contributed by atoms with E-state index in [0.29, 0.717) is 15.9 Å². The van der Waals surface area contributed by atoms with Crippen LogP contribution in [0.1, 0.15) is 15.2 Å². The number of hydrogen-bond donors (Lipinski definition) is 2. The van der Waals surface area contributed by atoms with Gasteiger partial charge in [0.1, 0.15) is 0 Å². The Hall–Kier alpha value is -1.23. The molecule has 1 aromatic heterocycles. The van der Waals surface area contributed by atoms with Gasteiger partial charge in [-0.3, -0.25) is 0 Å². The zero-order valence-electron chi connectivity index (χ0n) is 9.11. The first-order valence-electron chi connectivity index (χ1n) is 5.07. The van der Waals surface area contributed by atoms with Crippen molar-refractivity contribution in [3.63, 3.8) is 0 Å². The Bertz CT molecular complexity index is 566. The van der Waals surface area contributed by atoms with Crippen LogP contribution in [0.15, 0.2) is 30.3 Å². The van der Waals surface area contributed by atoms with E-state index in [-0.39, 0.29) is 5.56 Å². The van der Waals surface area contributed by atoms with Crippen molar-refractivity contribution in [3.05, 3.63) is 50.1 Å². The Balaban J connectivity index is 2.02. The maximum atomic E-state index is 10.7. The lowest BCUT2D eigenvalue weighted by Gasteiger charge is -2.05. The van der Waals surface area contributed by atoms with E-state index < -0.39 is 5.97 Å². The topological polar surface area (TPSA) is 49.3 Å². The first kappa shape index (κ1) is 13.2. The summed E-state index contributed by atoms with van der Waals surface area (Å²) >= 11 is 13.2. The molecule has 3 nitrogen and oxygen atoms in total. The normalized spacial score (nSPS) is 10.3. The van der Waals surface area contributed by atoms with Crippen molar-refractivity contribution < 1.29 is 9.90 Å².